The van der Waals surface area contributed by atoms with E-state index in [0.717, 1.165) is 5.56 Å². The van der Waals surface area contributed by atoms with Gasteiger partial charge < -0.3 is 9.47 Å². The van der Waals surface area contributed by atoms with Crippen molar-refractivity contribution in [3.63, 3.8) is 0 Å². The lowest BCUT2D eigenvalue weighted by atomic mass is 10.1. The molecule has 0 unspecified atom stereocenters. The van der Waals surface area contributed by atoms with Gasteiger partial charge in [-0.1, -0.05) is 29.8 Å². The summed E-state index contributed by atoms with van der Waals surface area (Å²) in [4.78, 5) is 24.6. The number of hydrogen-bond donors (Lipinski definition) is 0. The van der Waals surface area contributed by atoms with Gasteiger partial charge >= 0.3 is 11.9 Å². The lowest BCUT2D eigenvalue weighted by Crippen LogP contribution is -2.29. The van der Waals surface area contributed by atoms with Gasteiger partial charge in [0.05, 0.1) is 27.1 Å². The van der Waals surface area contributed by atoms with E-state index in [-0.39, 0.29) is 11.9 Å². The molecule has 0 aliphatic carbocycles. The molecule has 21 heavy (non-hydrogen) atoms. The fourth-order valence-electron chi connectivity index (χ4n) is 1.92. The Kier molecular flexibility index (Phi) is 7.46. The first-order valence-corrected chi connectivity index (χ1v) is 6.96. The van der Waals surface area contributed by atoms with Gasteiger partial charge in [-0.15, -0.1) is 0 Å². The van der Waals surface area contributed by atoms with Crippen molar-refractivity contribution in [3.8, 4) is 0 Å². The molecule has 0 amide bonds. The van der Waals surface area contributed by atoms with Gasteiger partial charge in [-0.2, -0.15) is 0 Å². The summed E-state index contributed by atoms with van der Waals surface area (Å²) >= 11 is 0. The lowest BCUT2D eigenvalue weighted by Gasteiger charge is -2.21. The minimum atomic E-state index is -0.248. The van der Waals surface area contributed by atoms with Crippen molar-refractivity contribution >= 4 is 11.9 Å². The molecule has 0 aliphatic heterocycles. The Hall–Kier alpha value is -1.88. The minimum absolute atomic E-state index is 0.248. The highest BCUT2D eigenvalue weighted by atomic mass is 16.5. The summed E-state index contributed by atoms with van der Waals surface area (Å²) < 4.78 is 9.31. The van der Waals surface area contributed by atoms with Crippen LogP contribution in [0.5, 0.6) is 0 Å². The van der Waals surface area contributed by atoms with E-state index in [1.54, 1.807) is 0 Å². The summed E-state index contributed by atoms with van der Waals surface area (Å²) in [6, 6.07) is 8.21. The van der Waals surface area contributed by atoms with Crippen molar-refractivity contribution in [2.45, 2.75) is 26.3 Å². The molecule has 0 bridgehead atoms. The summed E-state index contributed by atoms with van der Waals surface area (Å²) in [5.74, 6) is -0.496. The van der Waals surface area contributed by atoms with E-state index in [9.17, 15) is 9.59 Å². The SMILES string of the molecule is COC(=O)CCN(CCC(=O)OC)Cc1ccc(C)cc1. The van der Waals surface area contributed by atoms with Gasteiger partial charge in [0, 0.05) is 19.6 Å². The van der Waals surface area contributed by atoms with Gasteiger partial charge in [0.15, 0.2) is 0 Å². The molecule has 1 aromatic rings. The van der Waals surface area contributed by atoms with Gasteiger partial charge in [0.25, 0.3) is 0 Å². The van der Waals surface area contributed by atoms with Crippen molar-refractivity contribution in [1.82, 2.24) is 4.90 Å². The zero-order chi connectivity index (χ0) is 15.7. The number of carbonyl (C=O) groups excluding carboxylic acids is 2. The Bertz CT molecular complexity index is 436. The fraction of sp³-hybridized carbons (Fsp3) is 0.500. The fourth-order valence-corrected chi connectivity index (χ4v) is 1.92. The summed E-state index contributed by atoms with van der Waals surface area (Å²) in [5.41, 5.74) is 2.35. The summed E-state index contributed by atoms with van der Waals surface area (Å²) in [5, 5.41) is 0. The van der Waals surface area contributed by atoms with Crippen LogP contribution >= 0.6 is 0 Å². The Labute approximate surface area is 125 Å². The highest BCUT2D eigenvalue weighted by molar-refractivity contribution is 5.70. The van der Waals surface area contributed by atoms with E-state index in [0.29, 0.717) is 32.5 Å². The Morgan fingerprint density at radius 3 is 1.86 bits per heavy atom. The summed E-state index contributed by atoms with van der Waals surface area (Å²) in [6.45, 7) is 3.83. The van der Waals surface area contributed by atoms with Crippen molar-refractivity contribution in [1.29, 1.82) is 0 Å². The summed E-state index contributed by atoms with van der Waals surface area (Å²) in [7, 11) is 2.75. The van der Waals surface area contributed by atoms with Crippen molar-refractivity contribution in [2.75, 3.05) is 27.3 Å². The highest BCUT2D eigenvalue weighted by Crippen LogP contribution is 2.08. The molecule has 0 aliphatic rings. The zero-order valence-electron chi connectivity index (χ0n) is 12.9. The molecule has 0 fully saturated rings. The third kappa shape index (κ3) is 6.90. The number of nitrogens with zero attached hydrogens (tertiary/aromatic N) is 1. The number of aryl methyl sites for hydroxylation is 1. The topological polar surface area (TPSA) is 55.8 Å². The number of hydrogen-bond acceptors (Lipinski definition) is 5. The first kappa shape index (κ1) is 17.2. The number of methoxy groups -OCH3 is 2. The third-order valence-corrected chi connectivity index (χ3v) is 3.25. The largest absolute Gasteiger partial charge is 0.469 e. The van der Waals surface area contributed by atoms with Gasteiger partial charge in [-0.3, -0.25) is 14.5 Å². The number of benzene rings is 1. The van der Waals surface area contributed by atoms with Gasteiger partial charge in [0.2, 0.25) is 0 Å². The highest BCUT2D eigenvalue weighted by Gasteiger charge is 2.11. The second-order valence-electron chi connectivity index (χ2n) is 4.91. The quantitative estimate of drug-likeness (QED) is 0.685. The average molecular weight is 293 g/mol. The first-order chi connectivity index (χ1) is 10.0. The number of ether oxygens (including phenoxy) is 2. The molecule has 0 spiro atoms. The van der Waals surface area contributed by atoms with E-state index >= 15 is 0 Å². The van der Waals surface area contributed by atoms with Crippen LogP contribution in [0.4, 0.5) is 0 Å². The molecule has 116 valence electrons. The lowest BCUT2D eigenvalue weighted by molar-refractivity contribution is -0.141. The number of rotatable bonds is 8. The standard InChI is InChI=1S/C16H23NO4/c1-13-4-6-14(7-5-13)12-17(10-8-15(18)20-2)11-9-16(19)21-3/h4-7H,8-12H2,1-3H3. The monoisotopic (exact) mass is 293 g/mol. The maximum absolute atomic E-state index is 11.3. The molecule has 0 aromatic heterocycles. The van der Waals surface area contributed by atoms with Crippen LogP contribution in [-0.2, 0) is 25.6 Å². The Morgan fingerprint density at radius 1 is 0.952 bits per heavy atom. The van der Waals surface area contributed by atoms with Crippen LogP contribution < -0.4 is 0 Å². The molecule has 0 radical (unpaired) electrons. The second kappa shape index (κ2) is 9.13. The molecule has 5 heteroatoms. The maximum atomic E-state index is 11.3. The Morgan fingerprint density at radius 2 is 1.43 bits per heavy atom. The van der Waals surface area contributed by atoms with Crippen LogP contribution in [0.1, 0.15) is 24.0 Å². The number of esters is 2. The second-order valence-corrected chi connectivity index (χ2v) is 4.91. The molecular weight excluding hydrogens is 270 g/mol. The first-order valence-electron chi connectivity index (χ1n) is 6.96. The van der Waals surface area contributed by atoms with Crippen LogP contribution in [0.2, 0.25) is 0 Å². The van der Waals surface area contributed by atoms with E-state index in [1.165, 1.54) is 19.8 Å². The van der Waals surface area contributed by atoms with E-state index < -0.39 is 0 Å². The third-order valence-electron chi connectivity index (χ3n) is 3.25. The predicted octanol–water partition coefficient (Wildman–Crippen LogP) is 1.92. The molecule has 5 nitrogen and oxygen atoms in total. The van der Waals surface area contributed by atoms with Gasteiger partial charge in [0.1, 0.15) is 0 Å². The van der Waals surface area contributed by atoms with Crippen molar-refractivity contribution < 1.29 is 19.1 Å². The molecule has 0 saturated heterocycles. The van der Waals surface area contributed by atoms with E-state index in [2.05, 4.69) is 26.5 Å². The van der Waals surface area contributed by atoms with Crippen LogP contribution in [0.25, 0.3) is 0 Å². The van der Waals surface area contributed by atoms with Crippen LogP contribution in [0.15, 0.2) is 24.3 Å². The normalized spacial score (nSPS) is 10.5. The van der Waals surface area contributed by atoms with Crippen LogP contribution in [-0.4, -0.2) is 44.1 Å². The van der Waals surface area contributed by atoms with Crippen molar-refractivity contribution in [2.24, 2.45) is 0 Å². The molecule has 1 aromatic carbocycles. The van der Waals surface area contributed by atoms with Crippen LogP contribution in [0, 0.1) is 6.92 Å². The average Bonchev–Trinajstić information content (AvgIpc) is 2.51. The predicted molar refractivity (Wildman–Crippen MR) is 79.7 cm³/mol. The molecule has 1 rings (SSSR count). The maximum Gasteiger partial charge on any atom is 0.306 e. The number of carbonyl (C=O) groups is 2. The van der Waals surface area contributed by atoms with E-state index in [4.69, 9.17) is 0 Å². The zero-order valence-corrected chi connectivity index (χ0v) is 12.9. The van der Waals surface area contributed by atoms with Gasteiger partial charge in [-0.25, -0.2) is 0 Å². The molecule has 0 saturated carbocycles. The van der Waals surface area contributed by atoms with Crippen molar-refractivity contribution in [3.05, 3.63) is 35.4 Å². The summed E-state index contributed by atoms with van der Waals surface area (Å²) in [6.07, 6.45) is 0.618. The Balaban J connectivity index is 2.59. The molecular formula is C16H23NO4. The molecule has 0 atom stereocenters. The molecule has 0 N–H and O–H groups in total. The minimum Gasteiger partial charge on any atom is -0.469 e. The smallest absolute Gasteiger partial charge is 0.306 e. The molecule has 0 heterocycles. The van der Waals surface area contributed by atoms with E-state index in [1.807, 2.05) is 19.1 Å². The van der Waals surface area contributed by atoms with Gasteiger partial charge in [-0.05, 0) is 12.5 Å². The van der Waals surface area contributed by atoms with Crippen LogP contribution in [0.3, 0.4) is 0 Å².